The molecule has 2 aliphatic rings. The van der Waals surface area contributed by atoms with Crippen LogP contribution in [-0.4, -0.2) is 42.5 Å². The molecule has 0 radical (unpaired) electrons. The zero-order chi connectivity index (χ0) is 21.9. The lowest BCUT2D eigenvalue weighted by Gasteiger charge is -2.31. The fraction of sp³-hybridized carbons (Fsp3) is 0.680. The summed E-state index contributed by atoms with van der Waals surface area (Å²) in [6, 6.07) is 8.93. The number of carbonyl (C=O) groups is 2. The number of nitrogens with one attached hydrogen (secondary N) is 3. The number of carbonyl (C=O) groups excluding carboxylic acids is 2. The minimum atomic E-state index is -0.108. The van der Waals surface area contributed by atoms with E-state index in [9.17, 15) is 9.59 Å². The monoisotopic (exact) mass is 428 g/mol. The third kappa shape index (κ3) is 8.17. The fourth-order valence-electron chi connectivity index (χ4n) is 4.85. The van der Waals surface area contributed by atoms with E-state index in [1.807, 2.05) is 18.2 Å². The van der Waals surface area contributed by atoms with Gasteiger partial charge in [-0.25, -0.2) is 4.79 Å². The summed E-state index contributed by atoms with van der Waals surface area (Å²) in [6.07, 6.45) is 13.4. The molecule has 0 atom stereocenters. The molecule has 0 aromatic heterocycles. The van der Waals surface area contributed by atoms with Gasteiger partial charge in [0.25, 0.3) is 0 Å². The predicted octanol–water partition coefficient (Wildman–Crippen LogP) is 4.80. The summed E-state index contributed by atoms with van der Waals surface area (Å²) in [5, 5.41) is 9.01. The van der Waals surface area contributed by atoms with Gasteiger partial charge < -0.3 is 16.0 Å². The van der Waals surface area contributed by atoms with Crippen molar-refractivity contribution in [3.63, 3.8) is 0 Å². The Morgan fingerprint density at radius 1 is 0.968 bits per heavy atom. The normalized spacial score (nSPS) is 18.0. The Bertz CT molecular complexity index is 697. The highest BCUT2D eigenvalue weighted by Crippen LogP contribution is 2.25. The lowest BCUT2D eigenvalue weighted by Crippen LogP contribution is -2.43. The first kappa shape index (κ1) is 23.6. The molecule has 0 saturated heterocycles. The molecule has 6 heteroatoms. The number of nitrogens with zero attached hydrogens (tertiary/aromatic N) is 1. The molecular formula is C25H40N4O2. The first-order chi connectivity index (χ1) is 15.1. The van der Waals surface area contributed by atoms with Crippen molar-refractivity contribution in [1.82, 2.24) is 15.5 Å². The van der Waals surface area contributed by atoms with Crippen molar-refractivity contribution in [3.8, 4) is 0 Å². The maximum Gasteiger partial charge on any atom is 0.315 e. The summed E-state index contributed by atoms with van der Waals surface area (Å²) in [7, 11) is 2.19. The van der Waals surface area contributed by atoms with E-state index < -0.39 is 0 Å². The largest absolute Gasteiger partial charge is 0.338 e. The summed E-state index contributed by atoms with van der Waals surface area (Å²) < 4.78 is 0. The van der Waals surface area contributed by atoms with Crippen molar-refractivity contribution in [3.05, 3.63) is 29.8 Å². The van der Waals surface area contributed by atoms with Crippen molar-refractivity contribution in [1.29, 1.82) is 0 Å². The summed E-state index contributed by atoms with van der Waals surface area (Å²) in [4.78, 5) is 26.9. The predicted molar refractivity (Wildman–Crippen MR) is 126 cm³/mol. The van der Waals surface area contributed by atoms with E-state index >= 15 is 0 Å². The Hall–Kier alpha value is -2.08. The molecule has 0 bridgehead atoms. The number of rotatable bonds is 9. The third-order valence-electron chi connectivity index (χ3n) is 6.72. The number of para-hydroxylation sites is 1. The molecule has 1 aromatic carbocycles. The number of benzene rings is 1. The van der Waals surface area contributed by atoms with Crippen LogP contribution in [0.1, 0.15) is 82.6 Å². The molecule has 3 N–H and O–H groups in total. The van der Waals surface area contributed by atoms with Crippen LogP contribution in [0.5, 0.6) is 0 Å². The molecule has 0 heterocycles. The van der Waals surface area contributed by atoms with Gasteiger partial charge in [0, 0.05) is 37.3 Å². The van der Waals surface area contributed by atoms with Gasteiger partial charge in [-0.2, -0.15) is 0 Å². The van der Waals surface area contributed by atoms with Crippen molar-refractivity contribution in [2.75, 3.05) is 18.9 Å². The second-order valence-corrected chi connectivity index (χ2v) is 9.25. The number of anilines is 1. The van der Waals surface area contributed by atoms with E-state index in [0.717, 1.165) is 30.6 Å². The van der Waals surface area contributed by atoms with E-state index in [1.54, 1.807) is 0 Å². The second kappa shape index (κ2) is 12.7. The molecule has 0 unspecified atom stereocenters. The van der Waals surface area contributed by atoms with E-state index in [0.29, 0.717) is 31.5 Å². The minimum absolute atomic E-state index is 0.00209. The SMILES string of the molecule is CN(Cc1ccccc1NC(=O)CCCNC(=O)NC1CCCCC1)C1CCCCC1. The standard InChI is InChI=1S/C25H40N4O2/c1-29(22-14-6-3-7-15-22)19-20-11-8-9-16-23(20)28-24(30)17-10-18-26-25(31)27-21-12-4-2-5-13-21/h8-9,11,16,21-22H,2-7,10,12-15,17-19H2,1H3,(H,28,30)(H2,26,27,31). The van der Waals surface area contributed by atoms with Crippen LogP contribution in [0.2, 0.25) is 0 Å². The van der Waals surface area contributed by atoms with Crippen molar-refractivity contribution >= 4 is 17.6 Å². The molecule has 0 aliphatic heterocycles. The molecule has 31 heavy (non-hydrogen) atoms. The first-order valence-electron chi connectivity index (χ1n) is 12.2. The number of hydrogen-bond acceptors (Lipinski definition) is 3. The quantitative estimate of drug-likeness (QED) is 0.495. The van der Waals surface area contributed by atoms with Gasteiger partial charge in [0.15, 0.2) is 0 Å². The molecule has 1 aromatic rings. The second-order valence-electron chi connectivity index (χ2n) is 9.25. The van der Waals surface area contributed by atoms with Gasteiger partial charge >= 0.3 is 6.03 Å². The maximum absolute atomic E-state index is 12.5. The van der Waals surface area contributed by atoms with E-state index in [1.165, 1.54) is 51.4 Å². The average Bonchev–Trinajstić information content (AvgIpc) is 2.79. The zero-order valence-corrected chi connectivity index (χ0v) is 19.1. The highest BCUT2D eigenvalue weighted by atomic mass is 16.2. The molecule has 3 amide bonds. The Morgan fingerprint density at radius 3 is 2.39 bits per heavy atom. The first-order valence-corrected chi connectivity index (χ1v) is 12.2. The van der Waals surface area contributed by atoms with E-state index in [-0.39, 0.29) is 11.9 Å². The summed E-state index contributed by atoms with van der Waals surface area (Å²) in [5.74, 6) is 0.00209. The van der Waals surface area contributed by atoms with E-state index in [2.05, 4.69) is 34.0 Å². The Labute approximate surface area is 187 Å². The van der Waals surface area contributed by atoms with Gasteiger partial charge in [-0.1, -0.05) is 56.7 Å². The van der Waals surface area contributed by atoms with Crippen molar-refractivity contribution < 1.29 is 9.59 Å². The number of hydrogen-bond donors (Lipinski definition) is 3. The zero-order valence-electron chi connectivity index (χ0n) is 19.1. The van der Waals surface area contributed by atoms with Crippen LogP contribution < -0.4 is 16.0 Å². The number of urea groups is 1. The molecule has 6 nitrogen and oxygen atoms in total. The minimum Gasteiger partial charge on any atom is -0.338 e. The van der Waals surface area contributed by atoms with Crippen LogP contribution >= 0.6 is 0 Å². The third-order valence-corrected chi connectivity index (χ3v) is 6.72. The van der Waals surface area contributed by atoms with Gasteiger partial charge in [0.05, 0.1) is 0 Å². The van der Waals surface area contributed by atoms with Crippen molar-refractivity contribution in [2.45, 2.75) is 95.7 Å². The average molecular weight is 429 g/mol. The van der Waals surface area contributed by atoms with Gasteiger partial charge in [0.2, 0.25) is 5.91 Å². The Balaban J connectivity index is 1.37. The van der Waals surface area contributed by atoms with Crippen LogP contribution in [0.3, 0.4) is 0 Å². The lowest BCUT2D eigenvalue weighted by molar-refractivity contribution is -0.116. The summed E-state index contributed by atoms with van der Waals surface area (Å²) >= 11 is 0. The molecular weight excluding hydrogens is 388 g/mol. The molecule has 2 fully saturated rings. The van der Waals surface area contributed by atoms with Gasteiger partial charge in [-0.15, -0.1) is 0 Å². The molecule has 3 rings (SSSR count). The highest BCUT2D eigenvalue weighted by Gasteiger charge is 2.19. The van der Waals surface area contributed by atoms with Crippen LogP contribution in [0, 0.1) is 0 Å². The van der Waals surface area contributed by atoms with E-state index in [4.69, 9.17) is 0 Å². The van der Waals surface area contributed by atoms with Crippen LogP contribution in [-0.2, 0) is 11.3 Å². The Kier molecular flexibility index (Phi) is 9.66. The topological polar surface area (TPSA) is 73.5 Å². The molecule has 0 spiro atoms. The molecule has 2 saturated carbocycles. The van der Waals surface area contributed by atoms with Gasteiger partial charge in [-0.05, 0) is 50.8 Å². The molecule has 172 valence electrons. The van der Waals surface area contributed by atoms with Crippen molar-refractivity contribution in [2.24, 2.45) is 0 Å². The smallest absolute Gasteiger partial charge is 0.315 e. The highest BCUT2D eigenvalue weighted by molar-refractivity contribution is 5.91. The summed E-state index contributed by atoms with van der Waals surface area (Å²) in [6.45, 7) is 1.36. The summed E-state index contributed by atoms with van der Waals surface area (Å²) in [5.41, 5.74) is 2.06. The van der Waals surface area contributed by atoms with Crippen LogP contribution in [0.25, 0.3) is 0 Å². The molecule has 2 aliphatic carbocycles. The lowest BCUT2D eigenvalue weighted by atomic mass is 9.94. The van der Waals surface area contributed by atoms with Gasteiger partial charge in [0.1, 0.15) is 0 Å². The fourth-order valence-corrected chi connectivity index (χ4v) is 4.85. The maximum atomic E-state index is 12.5. The van der Waals surface area contributed by atoms with Crippen LogP contribution in [0.4, 0.5) is 10.5 Å². The number of amides is 3. The van der Waals surface area contributed by atoms with Gasteiger partial charge in [-0.3, -0.25) is 9.69 Å². The Morgan fingerprint density at radius 2 is 1.65 bits per heavy atom. The van der Waals surface area contributed by atoms with Crippen LogP contribution in [0.15, 0.2) is 24.3 Å².